The smallest absolute Gasteiger partial charge is 0.327 e. The lowest BCUT2D eigenvalue weighted by Crippen LogP contribution is -2.53. The summed E-state index contributed by atoms with van der Waals surface area (Å²) in [6, 6.07) is -0.584. The van der Waals surface area contributed by atoms with Crippen molar-refractivity contribution in [3.8, 4) is 0 Å². The Morgan fingerprint density at radius 1 is 1.16 bits per heavy atom. The number of imide groups is 1. The van der Waals surface area contributed by atoms with Gasteiger partial charge in [-0.25, -0.2) is 4.79 Å². The number of urea groups is 1. The Balaban J connectivity index is 1.39. The maximum absolute atomic E-state index is 12.9. The fraction of sp³-hybridized carbons (Fsp3) is 0.824. The van der Waals surface area contributed by atoms with Crippen molar-refractivity contribution in [2.24, 2.45) is 0 Å². The number of carbonyl (C=O) groups is 3. The SMILES string of the molecule is O=C(N[C@H]1CCN2C(=O)N(C3CCCCC3)C(=O)[C@@H]2C1)[C@@H]1CSCN1. The zero-order valence-corrected chi connectivity index (χ0v) is 15.2. The quantitative estimate of drug-likeness (QED) is 0.725. The van der Waals surface area contributed by atoms with Gasteiger partial charge in [0.1, 0.15) is 6.04 Å². The van der Waals surface area contributed by atoms with Gasteiger partial charge in [0, 0.05) is 30.3 Å². The molecule has 0 aromatic rings. The Kier molecular flexibility index (Phi) is 4.90. The monoisotopic (exact) mass is 366 g/mol. The maximum atomic E-state index is 12.9. The summed E-state index contributed by atoms with van der Waals surface area (Å²) in [5.41, 5.74) is 0. The molecule has 3 heterocycles. The van der Waals surface area contributed by atoms with Crippen molar-refractivity contribution >= 4 is 29.6 Å². The van der Waals surface area contributed by atoms with Crippen LogP contribution in [0.5, 0.6) is 0 Å². The Morgan fingerprint density at radius 2 is 1.96 bits per heavy atom. The van der Waals surface area contributed by atoms with Crippen molar-refractivity contribution in [3.05, 3.63) is 0 Å². The van der Waals surface area contributed by atoms with E-state index in [0.29, 0.717) is 13.0 Å². The van der Waals surface area contributed by atoms with Crippen molar-refractivity contribution < 1.29 is 14.4 Å². The van der Waals surface area contributed by atoms with E-state index in [0.717, 1.165) is 43.7 Å². The average Bonchev–Trinajstić information content (AvgIpc) is 3.24. The standard InChI is InChI=1S/C17H26N4O3S/c22-15(13-9-25-10-18-13)19-11-6-7-20-14(8-11)16(23)21(17(20)24)12-4-2-1-3-5-12/h11-14,18H,1-10H2,(H,19,22)/t11-,13-,14-/m0/s1. The molecule has 1 aliphatic carbocycles. The molecule has 0 spiro atoms. The first-order chi connectivity index (χ1) is 12.1. The minimum Gasteiger partial charge on any atom is -0.352 e. The second-order valence-corrected chi connectivity index (χ2v) is 8.52. The van der Waals surface area contributed by atoms with Crippen LogP contribution in [0.3, 0.4) is 0 Å². The zero-order chi connectivity index (χ0) is 17.4. The Hall–Kier alpha value is -1.28. The molecule has 8 heteroatoms. The second-order valence-electron chi connectivity index (χ2n) is 7.49. The topological polar surface area (TPSA) is 81.8 Å². The summed E-state index contributed by atoms with van der Waals surface area (Å²) in [5, 5.41) is 6.25. The van der Waals surface area contributed by atoms with Crippen LogP contribution in [0.25, 0.3) is 0 Å². The van der Waals surface area contributed by atoms with Crippen LogP contribution in [0, 0.1) is 0 Å². The lowest BCUT2D eigenvalue weighted by molar-refractivity contribution is -0.131. The predicted molar refractivity (Wildman–Crippen MR) is 95.0 cm³/mol. The Labute approximate surface area is 152 Å². The maximum Gasteiger partial charge on any atom is 0.327 e. The number of rotatable bonds is 3. The lowest BCUT2D eigenvalue weighted by atomic mass is 9.93. The highest BCUT2D eigenvalue weighted by Crippen LogP contribution is 2.32. The third kappa shape index (κ3) is 3.26. The van der Waals surface area contributed by atoms with E-state index in [9.17, 15) is 14.4 Å². The first kappa shape index (κ1) is 17.1. The van der Waals surface area contributed by atoms with E-state index in [-0.39, 0.29) is 42.0 Å². The fourth-order valence-electron chi connectivity index (χ4n) is 4.49. The van der Waals surface area contributed by atoms with E-state index in [4.69, 9.17) is 0 Å². The summed E-state index contributed by atoms with van der Waals surface area (Å²) in [6.07, 6.45) is 6.52. The molecule has 0 aromatic carbocycles. The van der Waals surface area contributed by atoms with Gasteiger partial charge in [0.15, 0.2) is 0 Å². The molecule has 4 rings (SSSR count). The Morgan fingerprint density at radius 3 is 2.68 bits per heavy atom. The van der Waals surface area contributed by atoms with Crippen LogP contribution >= 0.6 is 11.8 Å². The zero-order valence-electron chi connectivity index (χ0n) is 14.4. The van der Waals surface area contributed by atoms with E-state index in [1.165, 1.54) is 11.3 Å². The molecule has 3 aliphatic heterocycles. The number of hydrogen-bond donors (Lipinski definition) is 2. The number of amides is 4. The minimum absolute atomic E-state index is 0.0179. The molecular weight excluding hydrogens is 340 g/mol. The van der Waals surface area contributed by atoms with E-state index >= 15 is 0 Å². The molecule has 4 fully saturated rings. The average molecular weight is 366 g/mol. The molecule has 3 saturated heterocycles. The van der Waals surface area contributed by atoms with Crippen LogP contribution < -0.4 is 10.6 Å². The van der Waals surface area contributed by atoms with Crippen molar-refractivity contribution in [1.82, 2.24) is 20.4 Å². The van der Waals surface area contributed by atoms with Crippen molar-refractivity contribution in [1.29, 1.82) is 0 Å². The van der Waals surface area contributed by atoms with Gasteiger partial charge in [0.2, 0.25) is 5.91 Å². The molecular formula is C17H26N4O3S. The van der Waals surface area contributed by atoms with Crippen LogP contribution in [0.15, 0.2) is 0 Å². The molecule has 0 bridgehead atoms. The van der Waals surface area contributed by atoms with Gasteiger partial charge < -0.3 is 10.2 Å². The summed E-state index contributed by atoms with van der Waals surface area (Å²) in [7, 11) is 0. The molecule has 138 valence electrons. The highest BCUT2D eigenvalue weighted by atomic mass is 32.2. The molecule has 25 heavy (non-hydrogen) atoms. The van der Waals surface area contributed by atoms with Crippen molar-refractivity contribution in [2.45, 2.75) is 69.1 Å². The third-order valence-corrected chi connectivity index (χ3v) is 6.84. The van der Waals surface area contributed by atoms with Crippen LogP contribution in [0.4, 0.5) is 4.79 Å². The summed E-state index contributed by atoms with van der Waals surface area (Å²) < 4.78 is 0. The molecule has 2 N–H and O–H groups in total. The van der Waals surface area contributed by atoms with E-state index < -0.39 is 0 Å². The van der Waals surface area contributed by atoms with Gasteiger partial charge in [0.05, 0.1) is 6.04 Å². The number of hydrogen-bond acceptors (Lipinski definition) is 5. The largest absolute Gasteiger partial charge is 0.352 e. The van der Waals surface area contributed by atoms with Crippen LogP contribution in [-0.2, 0) is 9.59 Å². The molecule has 0 aromatic heterocycles. The van der Waals surface area contributed by atoms with E-state index in [1.807, 2.05) is 0 Å². The van der Waals surface area contributed by atoms with Gasteiger partial charge in [0.25, 0.3) is 5.91 Å². The number of nitrogens with one attached hydrogen (secondary N) is 2. The summed E-state index contributed by atoms with van der Waals surface area (Å²) >= 11 is 1.72. The second kappa shape index (κ2) is 7.15. The molecule has 0 radical (unpaired) electrons. The van der Waals surface area contributed by atoms with Gasteiger partial charge in [-0.05, 0) is 25.7 Å². The summed E-state index contributed by atoms with van der Waals surface area (Å²) in [4.78, 5) is 41.1. The molecule has 3 atom stereocenters. The molecule has 7 nitrogen and oxygen atoms in total. The summed E-state index contributed by atoms with van der Waals surface area (Å²) in [6.45, 7) is 0.552. The predicted octanol–water partition coefficient (Wildman–Crippen LogP) is 0.893. The summed E-state index contributed by atoms with van der Waals surface area (Å²) in [5.74, 6) is 1.57. The van der Waals surface area contributed by atoms with Crippen LogP contribution in [-0.4, -0.2) is 70.0 Å². The number of thioether (sulfide) groups is 1. The first-order valence-electron chi connectivity index (χ1n) is 9.40. The van der Waals surface area contributed by atoms with Crippen LogP contribution in [0.1, 0.15) is 44.9 Å². The van der Waals surface area contributed by atoms with Crippen molar-refractivity contribution in [3.63, 3.8) is 0 Å². The highest BCUT2D eigenvalue weighted by Gasteiger charge is 2.50. The minimum atomic E-state index is -0.389. The fourth-order valence-corrected chi connectivity index (χ4v) is 5.44. The van der Waals surface area contributed by atoms with Gasteiger partial charge in [-0.15, -0.1) is 11.8 Å². The number of piperidine rings is 1. The number of fused-ring (bicyclic) bond motifs is 1. The van der Waals surface area contributed by atoms with E-state index in [2.05, 4.69) is 10.6 Å². The molecule has 0 unspecified atom stereocenters. The van der Waals surface area contributed by atoms with Crippen molar-refractivity contribution in [2.75, 3.05) is 18.2 Å². The molecule has 4 amide bonds. The Bertz CT molecular complexity index is 560. The number of carbonyl (C=O) groups excluding carboxylic acids is 3. The number of nitrogens with zero attached hydrogens (tertiary/aromatic N) is 2. The van der Waals surface area contributed by atoms with Gasteiger partial charge >= 0.3 is 6.03 Å². The van der Waals surface area contributed by atoms with E-state index in [1.54, 1.807) is 16.7 Å². The normalized spacial score (nSPS) is 33.7. The molecule has 1 saturated carbocycles. The van der Waals surface area contributed by atoms with Gasteiger partial charge in [-0.1, -0.05) is 19.3 Å². The van der Waals surface area contributed by atoms with Gasteiger partial charge in [-0.2, -0.15) is 0 Å². The van der Waals surface area contributed by atoms with Crippen LogP contribution in [0.2, 0.25) is 0 Å². The highest BCUT2D eigenvalue weighted by molar-refractivity contribution is 7.99. The first-order valence-corrected chi connectivity index (χ1v) is 10.6. The third-order valence-electron chi connectivity index (χ3n) is 5.90. The molecule has 4 aliphatic rings. The lowest BCUT2D eigenvalue weighted by Gasteiger charge is -2.33. The van der Waals surface area contributed by atoms with Gasteiger partial charge in [-0.3, -0.25) is 19.8 Å².